The van der Waals surface area contributed by atoms with Crippen molar-refractivity contribution in [2.45, 2.75) is 19.5 Å². The molecule has 1 nitrogen and oxygen atoms in total. The highest BCUT2D eigenvalue weighted by atomic mass is 79.9. The van der Waals surface area contributed by atoms with E-state index in [-0.39, 0.29) is 11.9 Å². The predicted octanol–water partition coefficient (Wildman–Crippen LogP) is 4.50. The summed E-state index contributed by atoms with van der Waals surface area (Å²) >= 11 is 5.06. The quantitative estimate of drug-likeness (QED) is 0.876. The van der Waals surface area contributed by atoms with Crippen molar-refractivity contribution in [3.05, 3.63) is 56.4 Å². The third-order valence-electron chi connectivity index (χ3n) is 2.58. The molecule has 1 atom stereocenters. The molecule has 1 N–H and O–H groups in total. The molecule has 0 aliphatic carbocycles. The minimum atomic E-state index is -0.168. The highest BCUT2D eigenvalue weighted by molar-refractivity contribution is 9.10. The maximum absolute atomic E-state index is 13.5. The topological polar surface area (TPSA) is 12.0 Å². The van der Waals surface area contributed by atoms with Crippen molar-refractivity contribution in [2.75, 3.05) is 0 Å². The fourth-order valence-corrected chi connectivity index (χ4v) is 2.75. The largest absolute Gasteiger partial charge is 0.305 e. The van der Waals surface area contributed by atoms with Crippen LogP contribution in [0, 0.1) is 5.82 Å². The van der Waals surface area contributed by atoms with Crippen LogP contribution < -0.4 is 5.32 Å². The van der Waals surface area contributed by atoms with Gasteiger partial charge in [-0.1, -0.05) is 22.0 Å². The lowest BCUT2D eigenvalue weighted by molar-refractivity contribution is 0.549. The molecule has 0 radical (unpaired) electrons. The van der Waals surface area contributed by atoms with Crippen molar-refractivity contribution in [3.8, 4) is 0 Å². The average Bonchev–Trinajstić information content (AvgIpc) is 2.83. The van der Waals surface area contributed by atoms with Gasteiger partial charge in [0.15, 0.2) is 0 Å². The first-order valence-corrected chi connectivity index (χ1v) is 7.05. The van der Waals surface area contributed by atoms with Crippen LogP contribution in [0.3, 0.4) is 0 Å². The van der Waals surface area contributed by atoms with Gasteiger partial charge in [0.2, 0.25) is 0 Å². The number of hydrogen-bond acceptors (Lipinski definition) is 2. The van der Waals surface area contributed by atoms with E-state index < -0.39 is 0 Å². The van der Waals surface area contributed by atoms with Gasteiger partial charge in [0.05, 0.1) is 0 Å². The summed E-state index contributed by atoms with van der Waals surface area (Å²) in [5.41, 5.74) is 0.683. The monoisotopic (exact) mass is 313 g/mol. The summed E-state index contributed by atoms with van der Waals surface area (Å²) in [4.78, 5) is 1.26. The second-order valence-corrected chi connectivity index (χ2v) is 5.75. The number of nitrogens with one attached hydrogen (secondary N) is 1. The van der Waals surface area contributed by atoms with Crippen molar-refractivity contribution < 1.29 is 4.39 Å². The Balaban J connectivity index is 2.00. The minimum absolute atomic E-state index is 0.168. The molecule has 0 bridgehead atoms. The van der Waals surface area contributed by atoms with E-state index >= 15 is 0 Å². The lowest BCUT2D eigenvalue weighted by atomic mass is 10.2. The van der Waals surface area contributed by atoms with E-state index in [1.807, 2.05) is 17.5 Å². The molecule has 4 heteroatoms. The van der Waals surface area contributed by atoms with Crippen LogP contribution in [0.15, 0.2) is 40.2 Å². The first kappa shape index (κ1) is 12.7. The second kappa shape index (κ2) is 5.76. The zero-order valence-corrected chi connectivity index (χ0v) is 11.8. The van der Waals surface area contributed by atoms with Crippen LogP contribution in [0.25, 0.3) is 0 Å². The van der Waals surface area contributed by atoms with Gasteiger partial charge >= 0.3 is 0 Å². The molecule has 1 heterocycles. The molecule has 2 rings (SSSR count). The molecule has 1 aromatic carbocycles. The van der Waals surface area contributed by atoms with E-state index in [4.69, 9.17) is 0 Å². The van der Waals surface area contributed by atoms with Crippen molar-refractivity contribution >= 4 is 27.3 Å². The van der Waals surface area contributed by atoms with Gasteiger partial charge in [-0.15, -0.1) is 11.3 Å². The minimum Gasteiger partial charge on any atom is -0.305 e. The van der Waals surface area contributed by atoms with E-state index in [0.717, 1.165) is 4.47 Å². The summed E-state index contributed by atoms with van der Waals surface area (Å²) in [7, 11) is 0. The van der Waals surface area contributed by atoms with Gasteiger partial charge in [0.1, 0.15) is 5.82 Å². The van der Waals surface area contributed by atoms with E-state index in [1.165, 1.54) is 10.9 Å². The van der Waals surface area contributed by atoms with Gasteiger partial charge in [-0.25, -0.2) is 4.39 Å². The molecule has 0 spiro atoms. The maximum atomic E-state index is 13.5. The normalized spacial score (nSPS) is 12.6. The van der Waals surface area contributed by atoms with Crippen molar-refractivity contribution in [1.29, 1.82) is 0 Å². The second-order valence-electron chi connectivity index (χ2n) is 3.85. The Kier molecular flexibility index (Phi) is 4.31. The summed E-state index contributed by atoms with van der Waals surface area (Å²) < 4.78 is 14.4. The number of benzene rings is 1. The van der Waals surface area contributed by atoms with Crippen LogP contribution >= 0.6 is 27.3 Å². The molecule has 0 saturated carbocycles. The molecule has 1 unspecified atom stereocenters. The van der Waals surface area contributed by atoms with Crippen molar-refractivity contribution in [2.24, 2.45) is 0 Å². The first-order chi connectivity index (χ1) is 8.16. The predicted molar refractivity (Wildman–Crippen MR) is 73.7 cm³/mol. The van der Waals surface area contributed by atoms with Gasteiger partial charge in [0.25, 0.3) is 0 Å². The van der Waals surface area contributed by atoms with Gasteiger partial charge in [-0.3, -0.25) is 0 Å². The third kappa shape index (κ3) is 3.37. The third-order valence-corrected chi connectivity index (χ3v) is 4.12. The molecule has 2 aromatic rings. The molecular formula is C13H13BrFNS. The lowest BCUT2D eigenvalue weighted by Gasteiger charge is -2.12. The first-order valence-electron chi connectivity index (χ1n) is 5.37. The van der Waals surface area contributed by atoms with Crippen molar-refractivity contribution in [1.82, 2.24) is 5.32 Å². The summed E-state index contributed by atoms with van der Waals surface area (Å²) in [6.45, 7) is 2.62. The van der Waals surface area contributed by atoms with Crippen LogP contribution in [-0.4, -0.2) is 0 Å². The Morgan fingerprint density at radius 2 is 2.24 bits per heavy atom. The summed E-state index contributed by atoms with van der Waals surface area (Å²) in [5.74, 6) is -0.168. The smallest absolute Gasteiger partial charge is 0.127 e. The molecule has 0 saturated heterocycles. The molecule has 0 fully saturated rings. The Bertz CT molecular complexity index is 484. The average molecular weight is 314 g/mol. The molecule has 90 valence electrons. The van der Waals surface area contributed by atoms with Crippen LogP contribution in [-0.2, 0) is 6.54 Å². The summed E-state index contributed by atoms with van der Waals surface area (Å²) in [5, 5.41) is 5.37. The fourth-order valence-electron chi connectivity index (χ4n) is 1.58. The summed E-state index contributed by atoms with van der Waals surface area (Å²) in [6, 6.07) is 9.35. The van der Waals surface area contributed by atoms with Crippen LogP contribution in [0.2, 0.25) is 0 Å². The fraction of sp³-hybridized carbons (Fsp3) is 0.231. The molecular weight excluding hydrogens is 301 g/mol. The Morgan fingerprint density at radius 1 is 1.41 bits per heavy atom. The SMILES string of the molecule is CC(NCc1cc(Br)ccc1F)c1cccs1. The van der Waals surface area contributed by atoms with Crippen LogP contribution in [0.5, 0.6) is 0 Å². The lowest BCUT2D eigenvalue weighted by Crippen LogP contribution is -2.17. The summed E-state index contributed by atoms with van der Waals surface area (Å²) in [6.07, 6.45) is 0. The van der Waals surface area contributed by atoms with E-state index in [0.29, 0.717) is 12.1 Å². The highest BCUT2D eigenvalue weighted by Gasteiger charge is 2.08. The Hall–Kier alpha value is -0.710. The Morgan fingerprint density at radius 3 is 2.94 bits per heavy atom. The number of rotatable bonds is 4. The molecule has 0 aliphatic heterocycles. The molecule has 17 heavy (non-hydrogen) atoms. The standard InChI is InChI=1S/C13H13BrFNS/c1-9(13-3-2-6-17-13)16-8-10-7-11(14)4-5-12(10)15/h2-7,9,16H,8H2,1H3. The zero-order valence-electron chi connectivity index (χ0n) is 9.41. The zero-order chi connectivity index (χ0) is 12.3. The van der Waals surface area contributed by atoms with Gasteiger partial charge in [0, 0.05) is 27.5 Å². The number of hydrogen-bond donors (Lipinski definition) is 1. The molecule has 0 aliphatic rings. The maximum Gasteiger partial charge on any atom is 0.127 e. The van der Waals surface area contributed by atoms with Crippen molar-refractivity contribution in [3.63, 3.8) is 0 Å². The molecule has 0 amide bonds. The van der Waals surface area contributed by atoms with E-state index in [9.17, 15) is 4.39 Å². The van der Waals surface area contributed by atoms with Gasteiger partial charge in [-0.2, -0.15) is 0 Å². The Labute approximate surface area is 113 Å². The van der Waals surface area contributed by atoms with Gasteiger partial charge in [-0.05, 0) is 36.6 Å². The number of halogens is 2. The van der Waals surface area contributed by atoms with E-state index in [1.54, 1.807) is 17.4 Å². The molecule has 1 aromatic heterocycles. The van der Waals surface area contributed by atoms with E-state index in [2.05, 4.69) is 34.2 Å². The highest BCUT2D eigenvalue weighted by Crippen LogP contribution is 2.20. The van der Waals surface area contributed by atoms with Crippen LogP contribution in [0.4, 0.5) is 4.39 Å². The van der Waals surface area contributed by atoms with Gasteiger partial charge < -0.3 is 5.32 Å². The van der Waals surface area contributed by atoms with Crippen LogP contribution in [0.1, 0.15) is 23.4 Å². The number of thiophene rings is 1.